The van der Waals surface area contributed by atoms with Crippen LogP contribution in [0.25, 0.3) is 0 Å². The van der Waals surface area contributed by atoms with Crippen LogP contribution in [0.1, 0.15) is 54.1 Å². The molecule has 2 fully saturated rings. The van der Waals surface area contributed by atoms with Crippen molar-refractivity contribution < 1.29 is 29.0 Å². The topological polar surface area (TPSA) is 105 Å². The van der Waals surface area contributed by atoms with Crippen molar-refractivity contribution in [1.82, 2.24) is 10.2 Å². The quantitative estimate of drug-likeness (QED) is 0.723. The first kappa shape index (κ1) is 22.3. The molecule has 3 aliphatic rings. The second-order valence-electron chi connectivity index (χ2n) is 9.14. The van der Waals surface area contributed by atoms with Crippen LogP contribution in [0.2, 0.25) is 0 Å². The third kappa shape index (κ3) is 3.77. The first-order valence-electron chi connectivity index (χ1n) is 11.8. The molecular weight excluding hydrogens is 436 g/mol. The summed E-state index contributed by atoms with van der Waals surface area (Å²) in [6, 6.07) is 13.4. The Balaban J connectivity index is 1.64. The maximum absolute atomic E-state index is 14.2. The van der Waals surface area contributed by atoms with Crippen LogP contribution in [0.4, 0.5) is 0 Å². The SMILES string of the molecule is O=C(O)[C@H]1C[C@]2(CCCCNC2=O)N(C(=O)c2ccc3c(c2)OCCCO3)[C@H]1c1ccccc1. The van der Waals surface area contributed by atoms with Crippen LogP contribution < -0.4 is 14.8 Å². The summed E-state index contributed by atoms with van der Waals surface area (Å²) >= 11 is 0. The molecule has 8 nitrogen and oxygen atoms in total. The van der Waals surface area contributed by atoms with Crippen LogP contribution >= 0.6 is 0 Å². The average molecular weight is 465 g/mol. The summed E-state index contributed by atoms with van der Waals surface area (Å²) in [7, 11) is 0. The van der Waals surface area contributed by atoms with Gasteiger partial charge in [-0.25, -0.2) is 0 Å². The molecule has 0 saturated carbocycles. The molecule has 3 aliphatic heterocycles. The lowest BCUT2D eigenvalue weighted by Crippen LogP contribution is -2.57. The van der Waals surface area contributed by atoms with Gasteiger partial charge in [-0.1, -0.05) is 30.3 Å². The summed E-state index contributed by atoms with van der Waals surface area (Å²) in [6.45, 7) is 1.53. The molecule has 0 aliphatic carbocycles. The summed E-state index contributed by atoms with van der Waals surface area (Å²) < 4.78 is 11.5. The lowest BCUT2D eigenvalue weighted by Gasteiger charge is -2.39. The lowest BCUT2D eigenvalue weighted by atomic mass is 9.85. The van der Waals surface area contributed by atoms with Gasteiger partial charge in [-0.2, -0.15) is 0 Å². The van der Waals surface area contributed by atoms with Gasteiger partial charge < -0.3 is 24.8 Å². The zero-order chi connectivity index (χ0) is 23.7. The van der Waals surface area contributed by atoms with E-state index in [0.29, 0.717) is 48.8 Å². The van der Waals surface area contributed by atoms with Gasteiger partial charge >= 0.3 is 5.97 Å². The number of hydrogen-bond acceptors (Lipinski definition) is 5. The van der Waals surface area contributed by atoms with Crippen molar-refractivity contribution in [2.45, 2.75) is 43.7 Å². The predicted octanol–water partition coefficient (Wildman–Crippen LogP) is 3.17. The second-order valence-corrected chi connectivity index (χ2v) is 9.14. The number of amides is 2. The van der Waals surface area contributed by atoms with Gasteiger partial charge in [0, 0.05) is 18.5 Å². The molecule has 2 saturated heterocycles. The fourth-order valence-corrected chi connectivity index (χ4v) is 5.48. The molecule has 1 spiro atoms. The Bertz CT molecular complexity index is 1100. The first-order valence-corrected chi connectivity index (χ1v) is 11.8. The van der Waals surface area contributed by atoms with Crippen LogP contribution in [0.15, 0.2) is 48.5 Å². The lowest BCUT2D eigenvalue weighted by molar-refractivity contribution is -0.142. The van der Waals surface area contributed by atoms with Gasteiger partial charge in [-0.15, -0.1) is 0 Å². The average Bonchev–Trinajstić information content (AvgIpc) is 2.94. The minimum absolute atomic E-state index is 0.0734. The number of nitrogens with zero attached hydrogens (tertiary/aromatic N) is 1. The molecule has 2 aromatic carbocycles. The number of ether oxygens (including phenoxy) is 2. The first-order chi connectivity index (χ1) is 16.5. The number of fused-ring (bicyclic) bond motifs is 1. The Hall–Kier alpha value is -3.55. The Morgan fingerprint density at radius 2 is 1.76 bits per heavy atom. The molecule has 0 aromatic heterocycles. The summed E-state index contributed by atoms with van der Waals surface area (Å²) in [6.07, 6.45) is 2.74. The minimum atomic E-state index is -1.23. The van der Waals surface area contributed by atoms with Crippen LogP contribution in [0.5, 0.6) is 11.5 Å². The number of carboxylic acid groups (broad SMARTS) is 1. The van der Waals surface area contributed by atoms with Crippen LogP contribution in [-0.2, 0) is 9.59 Å². The van der Waals surface area contributed by atoms with E-state index in [2.05, 4.69) is 5.32 Å². The van der Waals surface area contributed by atoms with Crippen molar-refractivity contribution in [3.05, 3.63) is 59.7 Å². The number of benzene rings is 2. The standard InChI is InChI=1S/C26H28N2O6/c29-23(18-9-10-20-21(15-18)34-14-6-13-33-20)28-22(17-7-2-1-3-8-17)19(24(30)31)16-26(28)11-4-5-12-27-25(26)32/h1-3,7-10,15,19,22H,4-6,11-14,16H2,(H,27,32)(H,30,31)/t19-,22-,26-/m0/s1. The summed E-state index contributed by atoms with van der Waals surface area (Å²) in [5, 5.41) is 13.1. The van der Waals surface area contributed by atoms with Crippen molar-refractivity contribution in [3.8, 4) is 11.5 Å². The van der Waals surface area contributed by atoms with E-state index < -0.39 is 23.5 Å². The highest BCUT2D eigenvalue weighted by molar-refractivity contribution is 6.01. The fraction of sp³-hybridized carbons (Fsp3) is 0.423. The minimum Gasteiger partial charge on any atom is -0.490 e. The third-order valence-corrected chi connectivity index (χ3v) is 7.07. The Morgan fingerprint density at radius 1 is 1.00 bits per heavy atom. The highest BCUT2D eigenvalue weighted by Crippen LogP contribution is 2.50. The largest absolute Gasteiger partial charge is 0.490 e. The molecular formula is C26H28N2O6. The molecule has 2 amide bonds. The van der Waals surface area contributed by atoms with Crippen molar-refractivity contribution in [2.75, 3.05) is 19.8 Å². The van der Waals surface area contributed by atoms with Gasteiger partial charge in [0.15, 0.2) is 11.5 Å². The zero-order valence-electron chi connectivity index (χ0n) is 18.9. The number of aliphatic carboxylic acids is 1. The molecule has 178 valence electrons. The van der Waals surface area contributed by atoms with Crippen molar-refractivity contribution >= 4 is 17.8 Å². The maximum atomic E-state index is 14.2. The van der Waals surface area contributed by atoms with Gasteiger partial charge in [-0.3, -0.25) is 14.4 Å². The number of nitrogens with one attached hydrogen (secondary N) is 1. The van der Waals surface area contributed by atoms with Gasteiger partial charge in [0.2, 0.25) is 5.91 Å². The highest BCUT2D eigenvalue weighted by Gasteiger charge is 2.60. The summed E-state index contributed by atoms with van der Waals surface area (Å²) in [4.78, 5) is 41.6. The van der Waals surface area contributed by atoms with Gasteiger partial charge in [0.25, 0.3) is 5.91 Å². The van der Waals surface area contributed by atoms with E-state index in [0.717, 1.165) is 19.3 Å². The summed E-state index contributed by atoms with van der Waals surface area (Å²) in [5.74, 6) is -1.54. The number of likely N-dealkylation sites (tertiary alicyclic amines) is 1. The van der Waals surface area contributed by atoms with Gasteiger partial charge in [-0.05, 0) is 49.4 Å². The van der Waals surface area contributed by atoms with Crippen LogP contribution in [0.3, 0.4) is 0 Å². The third-order valence-electron chi connectivity index (χ3n) is 7.07. The van der Waals surface area contributed by atoms with Gasteiger partial charge in [0.05, 0.1) is 25.2 Å². The molecule has 34 heavy (non-hydrogen) atoms. The van der Waals surface area contributed by atoms with Crippen LogP contribution in [0, 0.1) is 5.92 Å². The van der Waals surface area contributed by atoms with E-state index in [1.807, 2.05) is 30.3 Å². The van der Waals surface area contributed by atoms with E-state index >= 15 is 0 Å². The molecule has 2 N–H and O–H groups in total. The zero-order valence-corrected chi connectivity index (χ0v) is 18.9. The number of carbonyl (C=O) groups is 3. The molecule has 8 heteroatoms. The molecule has 0 bridgehead atoms. The number of carbonyl (C=O) groups excluding carboxylic acids is 2. The number of hydrogen-bond donors (Lipinski definition) is 2. The van der Waals surface area contributed by atoms with Crippen LogP contribution in [-0.4, -0.2) is 53.1 Å². The smallest absolute Gasteiger partial charge is 0.309 e. The Labute approximate surface area is 197 Å². The normalized spacial score (nSPS) is 26.5. The van der Waals surface area contributed by atoms with E-state index in [1.165, 1.54) is 0 Å². The molecule has 2 aromatic rings. The molecule has 0 radical (unpaired) electrons. The maximum Gasteiger partial charge on any atom is 0.309 e. The molecule has 5 rings (SSSR count). The predicted molar refractivity (Wildman–Crippen MR) is 123 cm³/mol. The molecule has 3 heterocycles. The van der Waals surface area contributed by atoms with Gasteiger partial charge in [0.1, 0.15) is 5.54 Å². The Morgan fingerprint density at radius 3 is 2.53 bits per heavy atom. The summed E-state index contributed by atoms with van der Waals surface area (Å²) in [5.41, 5.74) is -0.194. The molecule has 3 atom stereocenters. The Kier molecular flexibility index (Phi) is 5.89. The van der Waals surface area contributed by atoms with E-state index in [1.54, 1.807) is 23.1 Å². The van der Waals surface area contributed by atoms with E-state index in [-0.39, 0.29) is 18.2 Å². The van der Waals surface area contributed by atoms with Crippen molar-refractivity contribution in [2.24, 2.45) is 5.92 Å². The van der Waals surface area contributed by atoms with Crippen molar-refractivity contribution in [3.63, 3.8) is 0 Å². The molecule has 0 unspecified atom stereocenters. The highest BCUT2D eigenvalue weighted by atomic mass is 16.5. The van der Waals surface area contributed by atoms with E-state index in [4.69, 9.17) is 9.47 Å². The van der Waals surface area contributed by atoms with Crippen molar-refractivity contribution in [1.29, 1.82) is 0 Å². The fourth-order valence-electron chi connectivity index (χ4n) is 5.48. The van der Waals surface area contributed by atoms with E-state index in [9.17, 15) is 19.5 Å². The second kappa shape index (κ2) is 9.00. The monoisotopic (exact) mass is 464 g/mol. The number of rotatable bonds is 3. The number of carboxylic acids is 1.